The Morgan fingerprint density at radius 2 is 1.93 bits per heavy atom. The fraction of sp³-hybridized carbons (Fsp3) is 0.304. The minimum absolute atomic E-state index is 0.801. The summed E-state index contributed by atoms with van der Waals surface area (Å²) >= 11 is 0. The van der Waals surface area contributed by atoms with Crippen molar-refractivity contribution in [3.05, 3.63) is 78.4 Å². The second-order valence-corrected chi connectivity index (χ2v) is 7.53. The SMILES string of the molecule is C=C(c1ccn2ncc(C(=C)N3CCC(C)CC3)c2c1)c1cccnc1C. The molecule has 4 rings (SSSR count). The zero-order valence-corrected chi connectivity index (χ0v) is 16.2. The van der Waals surface area contributed by atoms with Crippen LogP contribution in [0.1, 0.15) is 42.1 Å². The van der Waals surface area contributed by atoms with Crippen LogP contribution in [0.4, 0.5) is 0 Å². The van der Waals surface area contributed by atoms with Gasteiger partial charge in [0.15, 0.2) is 0 Å². The monoisotopic (exact) mass is 358 g/mol. The highest BCUT2D eigenvalue weighted by Gasteiger charge is 2.20. The van der Waals surface area contributed by atoms with Crippen LogP contribution < -0.4 is 0 Å². The average molecular weight is 358 g/mol. The van der Waals surface area contributed by atoms with Gasteiger partial charge in [-0.25, -0.2) is 4.52 Å². The number of likely N-dealkylation sites (tertiary alicyclic amines) is 1. The molecule has 0 N–H and O–H groups in total. The van der Waals surface area contributed by atoms with Crippen LogP contribution in [0.2, 0.25) is 0 Å². The first-order chi connectivity index (χ1) is 13.0. The molecule has 3 aromatic rings. The second kappa shape index (κ2) is 7.03. The van der Waals surface area contributed by atoms with Crippen molar-refractivity contribution < 1.29 is 0 Å². The molecular weight excluding hydrogens is 332 g/mol. The molecule has 0 aliphatic carbocycles. The van der Waals surface area contributed by atoms with Gasteiger partial charge in [0, 0.05) is 48.0 Å². The van der Waals surface area contributed by atoms with Gasteiger partial charge in [0.1, 0.15) is 0 Å². The largest absolute Gasteiger partial charge is 0.371 e. The first-order valence-corrected chi connectivity index (χ1v) is 9.57. The van der Waals surface area contributed by atoms with Gasteiger partial charge in [-0.15, -0.1) is 0 Å². The van der Waals surface area contributed by atoms with Crippen LogP contribution in [0.15, 0.2) is 56.0 Å². The van der Waals surface area contributed by atoms with Crippen molar-refractivity contribution in [3.63, 3.8) is 0 Å². The first kappa shape index (κ1) is 17.5. The minimum atomic E-state index is 0.801. The lowest BCUT2D eigenvalue weighted by Gasteiger charge is -2.33. The predicted octanol–water partition coefficient (Wildman–Crippen LogP) is 4.80. The summed E-state index contributed by atoms with van der Waals surface area (Å²) in [4.78, 5) is 6.78. The summed E-state index contributed by atoms with van der Waals surface area (Å²) in [5, 5.41) is 4.53. The lowest BCUT2D eigenvalue weighted by atomic mass is 9.97. The zero-order valence-electron chi connectivity index (χ0n) is 16.2. The van der Waals surface area contributed by atoms with Crippen LogP contribution in [0.25, 0.3) is 16.8 Å². The van der Waals surface area contributed by atoms with E-state index in [0.717, 1.165) is 58.2 Å². The van der Waals surface area contributed by atoms with Crippen molar-refractivity contribution in [2.75, 3.05) is 13.1 Å². The normalized spacial score (nSPS) is 15.3. The highest BCUT2D eigenvalue weighted by Crippen LogP contribution is 2.30. The van der Waals surface area contributed by atoms with Gasteiger partial charge in [0.2, 0.25) is 0 Å². The maximum absolute atomic E-state index is 4.53. The quantitative estimate of drug-likeness (QED) is 0.671. The molecule has 4 heteroatoms. The second-order valence-electron chi connectivity index (χ2n) is 7.53. The summed E-state index contributed by atoms with van der Waals surface area (Å²) in [6.45, 7) is 15.2. The summed E-state index contributed by atoms with van der Waals surface area (Å²) < 4.78 is 1.92. The van der Waals surface area contributed by atoms with E-state index < -0.39 is 0 Å². The number of pyridine rings is 2. The lowest BCUT2D eigenvalue weighted by molar-refractivity contribution is 0.269. The van der Waals surface area contributed by atoms with Gasteiger partial charge < -0.3 is 4.90 Å². The molecular formula is C23H26N4. The molecule has 4 nitrogen and oxygen atoms in total. The van der Waals surface area contributed by atoms with Crippen LogP contribution in [0.5, 0.6) is 0 Å². The molecule has 0 bridgehead atoms. The zero-order chi connectivity index (χ0) is 19.0. The van der Waals surface area contributed by atoms with Gasteiger partial charge in [-0.3, -0.25) is 4.98 Å². The summed E-state index contributed by atoms with van der Waals surface area (Å²) in [5.41, 5.74) is 7.36. The molecule has 1 saturated heterocycles. The number of aromatic nitrogens is 3. The molecule has 1 fully saturated rings. The van der Waals surface area contributed by atoms with Crippen LogP contribution in [-0.2, 0) is 0 Å². The van der Waals surface area contributed by atoms with Crippen molar-refractivity contribution in [2.24, 2.45) is 5.92 Å². The summed E-state index contributed by atoms with van der Waals surface area (Å²) in [5.74, 6) is 0.801. The van der Waals surface area contributed by atoms with Crippen molar-refractivity contribution >= 4 is 16.8 Å². The fourth-order valence-corrected chi connectivity index (χ4v) is 3.80. The van der Waals surface area contributed by atoms with Crippen molar-refractivity contribution in [1.82, 2.24) is 19.5 Å². The van der Waals surface area contributed by atoms with Crippen molar-refractivity contribution in [1.29, 1.82) is 0 Å². The number of piperidine rings is 1. The van der Waals surface area contributed by atoms with E-state index in [1.54, 1.807) is 0 Å². The first-order valence-electron chi connectivity index (χ1n) is 9.57. The highest BCUT2D eigenvalue weighted by molar-refractivity contribution is 5.83. The van der Waals surface area contributed by atoms with Gasteiger partial charge in [-0.05, 0) is 55.0 Å². The molecule has 0 spiro atoms. The maximum Gasteiger partial charge on any atom is 0.0760 e. The van der Waals surface area contributed by atoms with Gasteiger partial charge in [0.05, 0.1) is 11.7 Å². The topological polar surface area (TPSA) is 33.4 Å². The molecule has 138 valence electrons. The van der Waals surface area contributed by atoms with E-state index in [-0.39, 0.29) is 0 Å². The molecule has 27 heavy (non-hydrogen) atoms. The molecule has 0 unspecified atom stereocenters. The third kappa shape index (κ3) is 3.27. The summed E-state index contributed by atoms with van der Waals surface area (Å²) in [6, 6.07) is 8.24. The Morgan fingerprint density at radius 3 is 2.67 bits per heavy atom. The van der Waals surface area contributed by atoms with Crippen molar-refractivity contribution in [2.45, 2.75) is 26.7 Å². The van der Waals surface area contributed by atoms with Gasteiger partial charge in [-0.1, -0.05) is 26.1 Å². The van der Waals surface area contributed by atoms with Crippen molar-refractivity contribution in [3.8, 4) is 0 Å². The Morgan fingerprint density at radius 1 is 1.15 bits per heavy atom. The lowest BCUT2D eigenvalue weighted by Crippen LogP contribution is -2.31. The van der Waals surface area contributed by atoms with Crippen LogP contribution >= 0.6 is 0 Å². The number of nitrogens with zero attached hydrogens (tertiary/aromatic N) is 4. The third-order valence-electron chi connectivity index (χ3n) is 5.68. The number of fused-ring (bicyclic) bond motifs is 1. The molecule has 0 amide bonds. The number of rotatable bonds is 4. The smallest absolute Gasteiger partial charge is 0.0760 e. The Balaban J connectivity index is 1.68. The van der Waals surface area contributed by atoms with Crippen LogP contribution in [0.3, 0.4) is 0 Å². The standard InChI is InChI=1S/C23H26N4/c1-16-7-11-26(12-8-16)19(4)22-15-25-27-13-9-20(14-23(22)27)17(2)21-6-5-10-24-18(21)3/h5-6,9-10,13-16H,2,4,7-8,11-12H2,1,3H3. The van der Waals surface area contributed by atoms with Gasteiger partial charge in [0.25, 0.3) is 0 Å². The molecule has 0 atom stereocenters. The van der Waals surface area contributed by atoms with Gasteiger partial charge in [-0.2, -0.15) is 5.10 Å². The van der Waals surface area contributed by atoms with E-state index in [2.05, 4.69) is 53.3 Å². The Hall–Kier alpha value is -2.88. The summed E-state index contributed by atoms with van der Waals surface area (Å²) in [7, 11) is 0. The Kier molecular flexibility index (Phi) is 4.56. The molecule has 0 radical (unpaired) electrons. The summed E-state index contributed by atoms with van der Waals surface area (Å²) in [6.07, 6.45) is 8.18. The number of hydrogen-bond donors (Lipinski definition) is 0. The highest BCUT2D eigenvalue weighted by atomic mass is 15.2. The van der Waals surface area contributed by atoms with E-state index in [0.29, 0.717) is 0 Å². The fourth-order valence-electron chi connectivity index (χ4n) is 3.80. The molecule has 1 aliphatic rings. The Bertz CT molecular complexity index is 1010. The molecule has 0 saturated carbocycles. The molecule has 3 aromatic heterocycles. The predicted molar refractivity (Wildman–Crippen MR) is 111 cm³/mol. The van der Waals surface area contributed by atoms with E-state index >= 15 is 0 Å². The van der Waals surface area contributed by atoms with Crippen LogP contribution in [0, 0.1) is 12.8 Å². The Labute approximate surface area is 160 Å². The number of aryl methyl sites for hydroxylation is 1. The third-order valence-corrected chi connectivity index (χ3v) is 5.68. The average Bonchev–Trinajstić information content (AvgIpc) is 3.11. The molecule has 1 aliphatic heterocycles. The van der Waals surface area contributed by atoms with E-state index in [1.165, 1.54) is 12.8 Å². The molecule has 4 heterocycles. The number of hydrogen-bond acceptors (Lipinski definition) is 3. The van der Waals surface area contributed by atoms with Gasteiger partial charge >= 0.3 is 0 Å². The van der Waals surface area contributed by atoms with Crippen LogP contribution in [-0.4, -0.2) is 32.6 Å². The molecule has 0 aromatic carbocycles. The van der Waals surface area contributed by atoms with E-state index in [9.17, 15) is 0 Å². The minimum Gasteiger partial charge on any atom is -0.371 e. The van der Waals surface area contributed by atoms with E-state index in [4.69, 9.17) is 0 Å². The van der Waals surface area contributed by atoms with E-state index in [1.807, 2.05) is 36.1 Å². The maximum atomic E-state index is 4.53.